The summed E-state index contributed by atoms with van der Waals surface area (Å²) in [5, 5.41) is 0. The molecule has 5 rings (SSSR count). The average molecular weight is 375 g/mol. The first kappa shape index (κ1) is 17.9. The predicted molar refractivity (Wildman–Crippen MR) is 125 cm³/mol. The Hall–Kier alpha value is -3.12. The van der Waals surface area contributed by atoms with Gasteiger partial charge in [-0.25, -0.2) is 0 Å². The van der Waals surface area contributed by atoms with E-state index in [0.717, 1.165) is 6.42 Å². The normalized spacial score (nSPS) is 16.4. The Morgan fingerprint density at radius 1 is 0.862 bits per heavy atom. The third kappa shape index (κ3) is 3.00. The van der Waals surface area contributed by atoms with Crippen LogP contribution in [0.5, 0.6) is 0 Å². The summed E-state index contributed by atoms with van der Waals surface area (Å²) in [5.74, 6) is 0.319. The highest BCUT2D eigenvalue weighted by atomic mass is 14.3. The van der Waals surface area contributed by atoms with Gasteiger partial charge >= 0.3 is 0 Å². The molecule has 2 aliphatic carbocycles. The molecule has 3 aromatic rings. The molecule has 0 saturated carbocycles. The van der Waals surface area contributed by atoms with Gasteiger partial charge in [0.05, 0.1) is 0 Å². The van der Waals surface area contributed by atoms with Crippen molar-refractivity contribution in [2.24, 2.45) is 0 Å². The Balaban J connectivity index is 1.59. The average Bonchev–Trinajstić information content (AvgIpc) is 3.34. The summed E-state index contributed by atoms with van der Waals surface area (Å²) < 4.78 is 0. The van der Waals surface area contributed by atoms with E-state index >= 15 is 0 Å². The smallest absolute Gasteiger partial charge is 0.0281 e. The van der Waals surface area contributed by atoms with Crippen LogP contribution in [0.25, 0.3) is 22.8 Å². The van der Waals surface area contributed by atoms with E-state index in [1.165, 1.54) is 55.7 Å². The van der Waals surface area contributed by atoms with Crippen molar-refractivity contribution in [3.05, 3.63) is 118 Å². The predicted octanol–water partition coefficient (Wildman–Crippen LogP) is 7.73. The monoisotopic (exact) mass is 374 g/mol. The molecule has 0 heteroatoms. The third-order valence-electron chi connectivity index (χ3n) is 6.27. The lowest BCUT2D eigenvalue weighted by Crippen LogP contribution is -2.03. The van der Waals surface area contributed by atoms with E-state index in [9.17, 15) is 0 Å². The number of rotatable bonds is 3. The van der Waals surface area contributed by atoms with Crippen LogP contribution in [-0.4, -0.2) is 0 Å². The maximum absolute atomic E-state index is 2.36. The van der Waals surface area contributed by atoms with Crippen LogP contribution in [0.15, 0.2) is 84.5 Å². The van der Waals surface area contributed by atoms with Crippen molar-refractivity contribution in [2.75, 3.05) is 0 Å². The molecule has 1 atom stereocenters. The van der Waals surface area contributed by atoms with Gasteiger partial charge in [0.2, 0.25) is 0 Å². The molecule has 0 nitrogen and oxygen atoms in total. The number of fused-ring (bicyclic) bond motifs is 3. The minimum Gasteiger partial charge on any atom is -0.0758 e. The van der Waals surface area contributed by atoms with Crippen molar-refractivity contribution < 1.29 is 0 Å². The Morgan fingerprint density at radius 3 is 2.48 bits per heavy atom. The van der Waals surface area contributed by atoms with Crippen molar-refractivity contribution in [3.8, 4) is 11.1 Å². The van der Waals surface area contributed by atoms with Gasteiger partial charge < -0.3 is 0 Å². The fourth-order valence-corrected chi connectivity index (χ4v) is 4.91. The molecule has 142 valence electrons. The summed E-state index contributed by atoms with van der Waals surface area (Å²) in [5.41, 5.74) is 14.0. The van der Waals surface area contributed by atoms with Gasteiger partial charge in [0.25, 0.3) is 0 Å². The molecule has 0 N–H and O–H groups in total. The van der Waals surface area contributed by atoms with Crippen LogP contribution in [0.2, 0.25) is 0 Å². The van der Waals surface area contributed by atoms with E-state index in [-0.39, 0.29) is 0 Å². The largest absolute Gasteiger partial charge is 0.0758 e. The first-order chi connectivity index (χ1) is 14.1. The van der Waals surface area contributed by atoms with Gasteiger partial charge in [-0.1, -0.05) is 90.5 Å². The molecule has 3 aromatic carbocycles. The maximum Gasteiger partial charge on any atom is 0.0281 e. The first-order valence-corrected chi connectivity index (χ1v) is 10.5. The second-order valence-electron chi connectivity index (χ2n) is 8.43. The van der Waals surface area contributed by atoms with Gasteiger partial charge in [0.1, 0.15) is 0 Å². The zero-order valence-corrected chi connectivity index (χ0v) is 17.4. The molecule has 0 fully saturated rings. The van der Waals surface area contributed by atoms with Crippen LogP contribution in [0.1, 0.15) is 53.1 Å². The van der Waals surface area contributed by atoms with Crippen LogP contribution < -0.4 is 0 Å². The Morgan fingerprint density at radius 2 is 1.62 bits per heavy atom. The molecule has 29 heavy (non-hydrogen) atoms. The van der Waals surface area contributed by atoms with Gasteiger partial charge in [-0.15, -0.1) is 0 Å². The van der Waals surface area contributed by atoms with Crippen molar-refractivity contribution >= 4 is 11.6 Å². The van der Waals surface area contributed by atoms with Crippen LogP contribution in [-0.2, 0) is 6.42 Å². The van der Waals surface area contributed by atoms with Crippen LogP contribution in [0.4, 0.5) is 0 Å². The second kappa shape index (κ2) is 7.04. The van der Waals surface area contributed by atoms with E-state index in [0.29, 0.717) is 5.92 Å². The van der Waals surface area contributed by atoms with Gasteiger partial charge in [-0.3, -0.25) is 0 Å². The van der Waals surface area contributed by atoms with Crippen LogP contribution >= 0.6 is 0 Å². The Labute approximate surface area is 173 Å². The third-order valence-corrected chi connectivity index (χ3v) is 6.27. The minimum atomic E-state index is 0.319. The van der Waals surface area contributed by atoms with Crippen LogP contribution in [0.3, 0.4) is 0 Å². The number of hydrogen-bond donors (Lipinski definition) is 0. The summed E-state index contributed by atoms with van der Waals surface area (Å²) >= 11 is 0. The zero-order chi connectivity index (χ0) is 20.0. The van der Waals surface area contributed by atoms with E-state index in [2.05, 4.69) is 106 Å². The number of allylic oxidation sites excluding steroid dienone is 5. The lowest BCUT2D eigenvalue weighted by molar-refractivity contribution is 1.07. The Kier molecular flexibility index (Phi) is 4.36. The van der Waals surface area contributed by atoms with Crippen molar-refractivity contribution in [1.82, 2.24) is 0 Å². The summed E-state index contributed by atoms with van der Waals surface area (Å²) in [6.07, 6.45) is 10.2. The summed E-state index contributed by atoms with van der Waals surface area (Å²) in [7, 11) is 0. The van der Waals surface area contributed by atoms with Crippen molar-refractivity contribution in [1.29, 1.82) is 0 Å². The zero-order valence-electron chi connectivity index (χ0n) is 17.4. The maximum atomic E-state index is 2.36. The molecule has 0 aliphatic heterocycles. The molecular formula is C29H26. The van der Waals surface area contributed by atoms with Crippen molar-refractivity contribution in [3.63, 3.8) is 0 Å². The topological polar surface area (TPSA) is 0 Å². The lowest BCUT2D eigenvalue weighted by atomic mass is 9.83. The molecule has 1 unspecified atom stereocenters. The van der Waals surface area contributed by atoms with Gasteiger partial charge in [0, 0.05) is 5.92 Å². The quantitative estimate of drug-likeness (QED) is 0.344. The standard InChI is InChI=1S/C29H26/c1-19(2)17-21-10-6-12-23(20(21)3)25-13-7-15-27(25)28-16-8-14-26-24-11-5-4-9-22(24)18-29(26)28/h4-17,27H,18H2,1-3H3. The highest BCUT2D eigenvalue weighted by Crippen LogP contribution is 2.45. The van der Waals surface area contributed by atoms with Gasteiger partial charge in [-0.05, 0) is 77.3 Å². The lowest BCUT2D eigenvalue weighted by Gasteiger charge is -2.20. The first-order valence-electron chi connectivity index (χ1n) is 10.5. The Bertz CT molecular complexity index is 1200. The number of hydrogen-bond acceptors (Lipinski definition) is 0. The molecule has 0 bridgehead atoms. The summed E-state index contributed by atoms with van der Waals surface area (Å²) in [6.45, 7) is 6.58. The second-order valence-corrected chi connectivity index (χ2v) is 8.43. The molecular weight excluding hydrogens is 348 g/mol. The molecule has 0 spiro atoms. The highest BCUT2D eigenvalue weighted by Gasteiger charge is 2.27. The molecule has 0 aromatic heterocycles. The summed E-state index contributed by atoms with van der Waals surface area (Å²) in [4.78, 5) is 0. The molecule has 0 radical (unpaired) electrons. The SMILES string of the molecule is CC(C)=Cc1cccc(C2=CC=CC2c2cccc3c2Cc2ccccc2-3)c1C. The molecule has 0 heterocycles. The van der Waals surface area contributed by atoms with E-state index < -0.39 is 0 Å². The van der Waals surface area contributed by atoms with Gasteiger partial charge in [-0.2, -0.15) is 0 Å². The van der Waals surface area contributed by atoms with E-state index in [4.69, 9.17) is 0 Å². The van der Waals surface area contributed by atoms with Gasteiger partial charge in [0.15, 0.2) is 0 Å². The molecule has 0 saturated heterocycles. The number of benzene rings is 3. The fourth-order valence-electron chi connectivity index (χ4n) is 4.91. The summed E-state index contributed by atoms with van der Waals surface area (Å²) in [6, 6.07) is 22.4. The van der Waals surface area contributed by atoms with Crippen molar-refractivity contribution in [2.45, 2.75) is 33.1 Å². The van der Waals surface area contributed by atoms with E-state index in [1.54, 1.807) is 0 Å². The van der Waals surface area contributed by atoms with E-state index in [1.807, 2.05) is 0 Å². The minimum absolute atomic E-state index is 0.319. The molecule has 2 aliphatic rings. The molecule has 0 amide bonds. The van der Waals surface area contributed by atoms with Crippen LogP contribution in [0, 0.1) is 6.92 Å². The highest BCUT2D eigenvalue weighted by molar-refractivity contribution is 5.84. The fraction of sp³-hybridized carbons (Fsp3) is 0.172.